The predicted octanol–water partition coefficient (Wildman–Crippen LogP) is 4.69. The minimum absolute atomic E-state index is 0.0407. The molecule has 0 aromatic rings. The summed E-state index contributed by atoms with van der Waals surface area (Å²) in [6.07, 6.45) is 10.9. The fraction of sp³-hybridized carbons (Fsp3) is 1.00. The lowest BCUT2D eigenvalue weighted by molar-refractivity contribution is 0.0733. The van der Waals surface area contributed by atoms with Gasteiger partial charge in [0.15, 0.2) is 0 Å². The lowest BCUT2D eigenvalue weighted by atomic mass is 10.0. The van der Waals surface area contributed by atoms with Crippen molar-refractivity contribution in [3.63, 3.8) is 0 Å². The molecule has 0 fully saturated rings. The molecule has 0 bridgehead atoms. The molecule has 0 saturated carbocycles. The van der Waals surface area contributed by atoms with E-state index < -0.39 is 7.82 Å². The van der Waals surface area contributed by atoms with Crippen molar-refractivity contribution in [2.24, 2.45) is 5.92 Å². The van der Waals surface area contributed by atoms with Crippen molar-refractivity contribution in [3.05, 3.63) is 0 Å². The maximum absolute atomic E-state index is 10.9. The molecule has 152 valence electrons. The van der Waals surface area contributed by atoms with E-state index in [4.69, 9.17) is 19.3 Å². The van der Waals surface area contributed by atoms with E-state index in [1.807, 2.05) is 0 Å². The van der Waals surface area contributed by atoms with Crippen molar-refractivity contribution in [2.45, 2.75) is 78.1 Å². The second kappa shape index (κ2) is 17.4. The highest BCUT2D eigenvalue weighted by atomic mass is 31.2. The normalized spacial score (nSPS) is 12.2. The summed E-state index contributed by atoms with van der Waals surface area (Å²) in [5, 5.41) is 0. The van der Waals surface area contributed by atoms with Gasteiger partial charge in [0.2, 0.25) is 0 Å². The third kappa shape index (κ3) is 20.2. The first-order chi connectivity index (χ1) is 12.0. The highest BCUT2D eigenvalue weighted by Gasteiger charge is 2.18. The van der Waals surface area contributed by atoms with E-state index in [0.29, 0.717) is 13.2 Å². The number of phosphoric acid groups is 1. The Kier molecular flexibility index (Phi) is 17.5. The van der Waals surface area contributed by atoms with Gasteiger partial charge in [-0.15, -0.1) is 0 Å². The summed E-state index contributed by atoms with van der Waals surface area (Å²) in [7, 11) is -4.42. The van der Waals surface area contributed by atoms with Gasteiger partial charge in [-0.05, 0) is 31.6 Å². The number of unbranched alkanes of at least 4 members (excludes halogenated alkanes) is 6. The molecule has 0 amide bonds. The first kappa shape index (κ1) is 25.0. The highest BCUT2D eigenvalue weighted by Crippen LogP contribution is 2.36. The molecule has 0 aliphatic carbocycles. The zero-order valence-corrected chi connectivity index (χ0v) is 17.1. The Hall–Kier alpha value is 0.0300. The third-order valence-electron chi connectivity index (χ3n) is 4.10. The Morgan fingerprint density at radius 2 is 1.24 bits per heavy atom. The lowest BCUT2D eigenvalue weighted by Gasteiger charge is -2.17. The summed E-state index contributed by atoms with van der Waals surface area (Å²) in [4.78, 5) is 17.8. The molecular formula is C18H39O6P. The molecule has 0 aromatic heterocycles. The number of rotatable bonds is 19. The second-order valence-electron chi connectivity index (χ2n) is 6.58. The molecule has 0 saturated heterocycles. The fourth-order valence-electron chi connectivity index (χ4n) is 2.48. The monoisotopic (exact) mass is 382 g/mol. The Bertz CT molecular complexity index is 303. The number of hydrogen-bond acceptors (Lipinski definition) is 4. The first-order valence-corrected chi connectivity index (χ1v) is 11.4. The Balaban J connectivity index is 3.84. The molecule has 0 spiro atoms. The summed E-state index contributed by atoms with van der Waals surface area (Å²) in [6.45, 7) is 7.09. The van der Waals surface area contributed by atoms with Crippen LogP contribution in [0.15, 0.2) is 0 Å². The van der Waals surface area contributed by atoms with Crippen LogP contribution in [0.5, 0.6) is 0 Å². The zero-order chi connectivity index (χ0) is 18.8. The Morgan fingerprint density at radius 3 is 1.64 bits per heavy atom. The van der Waals surface area contributed by atoms with Gasteiger partial charge in [0.25, 0.3) is 0 Å². The van der Waals surface area contributed by atoms with E-state index in [-0.39, 0.29) is 12.5 Å². The Labute approximate surface area is 153 Å². The maximum atomic E-state index is 10.9. The van der Waals surface area contributed by atoms with Crippen LogP contribution in [-0.2, 0) is 18.6 Å². The van der Waals surface area contributed by atoms with Gasteiger partial charge in [0.05, 0.1) is 6.61 Å². The molecule has 7 heteroatoms. The van der Waals surface area contributed by atoms with Crippen molar-refractivity contribution in [2.75, 3.05) is 33.0 Å². The number of phosphoric ester groups is 1. The third-order valence-corrected chi connectivity index (χ3v) is 4.59. The molecule has 0 heterocycles. The number of hydrogen-bond donors (Lipinski definition) is 2. The lowest BCUT2D eigenvalue weighted by Crippen LogP contribution is -2.15. The van der Waals surface area contributed by atoms with E-state index in [0.717, 1.165) is 38.9 Å². The largest absolute Gasteiger partial charge is 0.469 e. The van der Waals surface area contributed by atoms with Crippen LogP contribution >= 0.6 is 7.82 Å². The summed E-state index contributed by atoms with van der Waals surface area (Å²) >= 11 is 0. The van der Waals surface area contributed by atoms with Gasteiger partial charge < -0.3 is 19.3 Å². The van der Waals surface area contributed by atoms with E-state index in [9.17, 15) is 4.57 Å². The highest BCUT2D eigenvalue weighted by molar-refractivity contribution is 7.46. The molecule has 0 aliphatic heterocycles. The van der Waals surface area contributed by atoms with Crippen molar-refractivity contribution in [1.82, 2.24) is 0 Å². The van der Waals surface area contributed by atoms with Crippen LogP contribution in [-0.4, -0.2) is 42.8 Å². The van der Waals surface area contributed by atoms with Gasteiger partial charge in [-0.25, -0.2) is 4.57 Å². The molecule has 0 rings (SSSR count). The van der Waals surface area contributed by atoms with E-state index in [1.54, 1.807) is 0 Å². The average Bonchev–Trinajstić information content (AvgIpc) is 2.56. The van der Waals surface area contributed by atoms with Crippen LogP contribution in [0.25, 0.3) is 0 Å². The fourth-order valence-corrected chi connectivity index (χ4v) is 2.88. The predicted molar refractivity (Wildman–Crippen MR) is 101 cm³/mol. The van der Waals surface area contributed by atoms with Crippen molar-refractivity contribution in [3.8, 4) is 0 Å². The Morgan fingerprint density at radius 1 is 0.760 bits per heavy atom. The summed E-state index contributed by atoms with van der Waals surface area (Å²) in [6, 6.07) is 0. The van der Waals surface area contributed by atoms with Crippen LogP contribution in [0.1, 0.15) is 78.1 Å². The zero-order valence-electron chi connectivity index (χ0n) is 16.2. The average molecular weight is 382 g/mol. The molecule has 0 aliphatic rings. The molecule has 0 atom stereocenters. The van der Waals surface area contributed by atoms with Crippen LogP contribution < -0.4 is 0 Å². The van der Waals surface area contributed by atoms with Crippen LogP contribution in [0.4, 0.5) is 0 Å². The maximum Gasteiger partial charge on any atom is 0.469 e. The van der Waals surface area contributed by atoms with Crippen LogP contribution in [0.3, 0.4) is 0 Å². The van der Waals surface area contributed by atoms with Gasteiger partial charge in [-0.2, -0.15) is 0 Å². The SMILES string of the molecule is CCCCCCOCCC(CCOCCCCCC)COP(=O)(O)O. The molecule has 0 aromatic carbocycles. The van der Waals surface area contributed by atoms with Crippen molar-refractivity contribution < 1.29 is 28.3 Å². The molecule has 0 unspecified atom stereocenters. The summed E-state index contributed by atoms with van der Waals surface area (Å²) in [5.41, 5.74) is 0. The van der Waals surface area contributed by atoms with Gasteiger partial charge in [0, 0.05) is 26.4 Å². The molecule has 25 heavy (non-hydrogen) atoms. The summed E-state index contributed by atoms with van der Waals surface area (Å²) in [5.74, 6) is 0.0407. The van der Waals surface area contributed by atoms with Crippen LogP contribution in [0.2, 0.25) is 0 Å². The first-order valence-electron chi connectivity index (χ1n) is 9.85. The van der Waals surface area contributed by atoms with Gasteiger partial charge in [0.1, 0.15) is 0 Å². The van der Waals surface area contributed by atoms with Crippen molar-refractivity contribution >= 4 is 7.82 Å². The molecule has 0 radical (unpaired) electrons. The quantitative estimate of drug-likeness (QED) is 0.249. The number of ether oxygens (including phenoxy) is 2. The van der Waals surface area contributed by atoms with E-state index in [1.165, 1.54) is 38.5 Å². The molecular weight excluding hydrogens is 343 g/mol. The summed E-state index contributed by atoms with van der Waals surface area (Å²) < 4.78 is 26.8. The van der Waals surface area contributed by atoms with Crippen LogP contribution in [0, 0.1) is 5.92 Å². The van der Waals surface area contributed by atoms with Crippen molar-refractivity contribution in [1.29, 1.82) is 0 Å². The topological polar surface area (TPSA) is 85.2 Å². The minimum atomic E-state index is -4.42. The standard InChI is InChI=1S/C18H39O6P/c1-3-5-7-9-13-22-15-11-18(17-24-25(19,20)21)12-16-23-14-10-8-6-4-2/h18H,3-17H2,1-2H3,(H2,19,20,21). The van der Waals surface area contributed by atoms with E-state index in [2.05, 4.69) is 18.4 Å². The molecule has 6 nitrogen and oxygen atoms in total. The molecule has 2 N–H and O–H groups in total. The van der Waals surface area contributed by atoms with Gasteiger partial charge in [-0.3, -0.25) is 4.52 Å². The van der Waals surface area contributed by atoms with Gasteiger partial charge >= 0.3 is 7.82 Å². The van der Waals surface area contributed by atoms with E-state index >= 15 is 0 Å². The minimum Gasteiger partial charge on any atom is -0.381 e. The smallest absolute Gasteiger partial charge is 0.381 e. The van der Waals surface area contributed by atoms with Gasteiger partial charge in [-0.1, -0.05) is 52.4 Å². The second-order valence-corrected chi connectivity index (χ2v) is 7.82.